The lowest BCUT2D eigenvalue weighted by Gasteiger charge is -2.34. The molecule has 1 saturated heterocycles. The predicted octanol–water partition coefficient (Wildman–Crippen LogP) is 1.99. The molecule has 0 spiro atoms. The van der Waals surface area contributed by atoms with Crippen LogP contribution in [0.1, 0.15) is 31.4 Å². The summed E-state index contributed by atoms with van der Waals surface area (Å²) in [4.78, 5) is 13.8. The van der Waals surface area contributed by atoms with Gasteiger partial charge in [-0.1, -0.05) is 19.4 Å². The summed E-state index contributed by atoms with van der Waals surface area (Å²) >= 11 is 0. The molecule has 21 heavy (non-hydrogen) atoms. The summed E-state index contributed by atoms with van der Waals surface area (Å²) < 4.78 is 31.8. The van der Waals surface area contributed by atoms with E-state index in [1.54, 1.807) is 4.90 Å². The Bertz CT molecular complexity index is 510. The van der Waals surface area contributed by atoms with Crippen LogP contribution in [0.2, 0.25) is 0 Å². The number of carbonyl (C=O) groups excluding carboxylic acids is 1. The monoisotopic (exact) mass is 298 g/mol. The molecule has 6 heteroatoms. The zero-order valence-electron chi connectivity index (χ0n) is 12.0. The Morgan fingerprint density at radius 1 is 1.48 bits per heavy atom. The highest BCUT2D eigenvalue weighted by Gasteiger charge is 2.28. The van der Waals surface area contributed by atoms with Crippen LogP contribution < -0.4 is 5.73 Å². The molecule has 0 aliphatic carbocycles. The fourth-order valence-corrected chi connectivity index (χ4v) is 2.43. The molecule has 1 aromatic rings. The van der Waals surface area contributed by atoms with Gasteiger partial charge in [-0.2, -0.15) is 0 Å². The maximum atomic E-state index is 13.3. The Morgan fingerprint density at radius 3 is 2.90 bits per heavy atom. The Kier molecular flexibility index (Phi) is 5.25. The molecular formula is C15H20F2N2O2. The summed E-state index contributed by atoms with van der Waals surface area (Å²) in [6.45, 7) is 3.10. The van der Waals surface area contributed by atoms with Gasteiger partial charge in [0.15, 0.2) is 11.6 Å². The van der Waals surface area contributed by atoms with Gasteiger partial charge >= 0.3 is 0 Å². The third kappa shape index (κ3) is 3.77. The third-order valence-corrected chi connectivity index (χ3v) is 3.61. The molecule has 116 valence electrons. The maximum absolute atomic E-state index is 13.3. The number of hydrogen-bond donors (Lipinski definition) is 1. The van der Waals surface area contributed by atoms with Gasteiger partial charge in [-0.15, -0.1) is 0 Å². The van der Waals surface area contributed by atoms with Gasteiger partial charge in [-0.3, -0.25) is 4.79 Å². The molecule has 1 fully saturated rings. The van der Waals surface area contributed by atoms with Crippen molar-refractivity contribution in [3.63, 3.8) is 0 Å². The molecule has 1 amide bonds. The molecule has 2 rings (SSSR count). The highest BCUT2D eigenvalue weighted by atomic mass is 19.2. The maximum Gasteiger partial charge on any atom is 0.239 e. The first-order chi connectivity index (χ1) is 10.0. The normalized spacial score (nSPS) is 20.4. The van der Waals surface area contributed by atoms with Crippen LogP contribution >= 0.6 is 0 Å². The molecule has 1 aromatic carbocycles. The minimum Gasteiger partial charge on any atom is -0.370 e. The summed E-state index contributed by atoms with van der Waals surface area (Å²) in [7, 11) is 0. The molecule has 0 radical (unpaired) electrons. The summed E-state index contributed by atoms with van der Waals surface area (Å²) in [5.74, 6) is -1.93. The molecule has 0 saturated carbocycles. The molecule has 1 heterocycles. The fraction of sp³-hybridized carbons (Fsp3) is 0.533. The Morgan fingerprint density at radius 2 is 2.24 bits per heavy atom. The van der Waals surface area contributed by atoms with Crippen LogP contribution in [0.3, 0.4) is 0 Å². The number of benzene rings is 1. The van der Waals surface area contributed by atoms with Crippen LogP contribution in [0.15, 0.2) is 18.2 Å². The first kappa shape index (κ1) is 15.9. The summed E-state index contributed by atoms with van der Waals surface area (Å²) in [5, 5.41) is 0. The number of carbonyl (C=O) groups is 1. The zero-order chi connectivity index (χ0) is 15.4. The van der Waals surface area contributed by atoms with Crippen molar-refractivity contribution >= 4 is 5.91 Å². The smallest absolute Gasteiger partial charge is 0.239 e. The molecule has 1 aliphatic rings. The van der Waals surface area contributed by atoms with Crippen molar-refractivity contribution < 1.29 is 18.3 Å². The van der Waals surface area contributed by atoms with Crippen LogP contribution in [0.4, 0.5) is 8.78 Å². The van der Waals surface area contributed by atoms with Gasteiger partial charge in [-0.05, 0) is 24.1 Å². The second-order valence-electron chi connectivity index (χ2n) is 5.21. The second-order valence-corrected chi connectivity index (χ2v) is 5.21. The van der Waals surface area contributed by atoms with Crippen molar-refractivity contribution in [3.05, 3.63) is 35.4 Å². The van der Waals surface area contributed by atoms with E-state index in [0.29, 0.717) is 31.7 Å². The van der Waals surface area contributed by atoms with Crippen molar-refractivity contribution in [3.8, 4) is 0 Å². The lowest BCUT2D eigenvalue weighted by Crippen LogP contribution is -2.49. The molecule has 0 aromatic heterocycles. The fourth-order valence-electron chi connectivity index (χ4n) is 2.43. The lowest BCUT2D eigenvalue weighted by atomic mass is 10.1. The Hall–Kier alpha value is -1.53. The number of halogens is 2. The van der Waals surface area contributed by atoms with Crippen LogP contribution in [-0.2, 0) is 9.53 Å². The Balaban J connectivity index is 2.06. The number of nitrogens with two attached hydrogens (primary N) is 1. The van der Waals surface area contributed by atoms with Crippen molar-refractivity contribution in [1.29, 1.82) is 0 Å². The van der Waals surface area contributed by atoms with Gasteiger partial charge in [0.25, 0.3) is 0 Å². The largest absolute Gasteiger partial charge is 0.370 e. The number of nitrogens with zero attached hydrogens (tertiary/aromatic N) is 1. The standard InChI is InChI=1S/C15H20F2N2O2/c1-2-3-13(18)15(20)19-6-7-21-14(9-19)10-4-5-11(16)12(17)8-10/h4-5,8,13-14H,2-3,6-7,9,18H2,1H3. The van der Waals surface area contributed by atoms with E-state index < -0.39 is 23.8 Å². The van der Waals surface area contributed by atoms with E-state index in [-0.39, 0.29) is 5.91 Å². The number of rotatable bonds is 4. The highest BCUT2D eigenvalue weighted by molar-refractivity contribution is 5.81. The number of ether oxygens (including phenoxy) is 1. The lowest BCUT2D eigenvalue weighted by molar-refractivity contribution is -0.140. The van der Waals surface area contributed by atoms with E-state index in [1.807, 2.05) is 6.92 Å². The van der Waals surface area contributed by atoms with Gasteiger partial charge in [-0.25, -0.2) is 8.78 Å². The van der Waals surface area contributed by atoms with E-state index in [4.69, 9.17) is 10.5 Å². The molecule has 0 bridgehead atoms. The number of hydrogen-bond acceptors (Lipinski definition) is 3. The predicted molar refractivity (Wildman–Crippen MR) is 74.5 cm³/mol. The van der Waals surface area contributed by atoms with E-state index >= 15 is 0 Å². The van der Waals surface area contributed by atoms with Crippen molar-refractivity contribution in [1.82, 2.24) is 4.90 Å². The van der Waals surface area contributed by atoms with E-state index in [2.05, 4.69) is 0 Å². The SMILES string of the molecule is CCCC(N)C(=O)N1CCOC(c2ccc(F)c(F)c2)C1. The third-order valence-electron chi connectivity index (χ3n) is 3.61. The van der Waals surface area contributed by atoms with Crippen LogP contribution in [0.25, 0.3) is 0 Å². The minimum atomic E-state index is -0.915. The van der Waals surface area contributed by atoms with Crippen molar-refractivity contribution in [2.45, 2.75) is 31.9 Å². The van der Waals surface area contributed by atoms with Gasteiger partial charge in [0, 0.05) is 6.54 Å². The van der Waals surface area contributed by atoms with E-state index in [1.165, 1.54) is 6.07 Å². The zero-order valence-corrected chi connectivity index (χ0v) is 12.0. The quantitative estimate of drug-likeness (QED) is 0.925. The van der Waals surface area contributed by atoms with Crippen molar-refractivity contribution in [2.24, 2.45) is 5.73 Å². The molecule has 2 atom stereocenters. The first-order valence-corrected chi connectivity index (χ1v) is 7.13. The molecular weight excluding hydrogens is 278 g/mol. The number of amides is 1. The van der Waals surface area contributed by atoms with Crippen LogP contribution in [0, 0.1) is 11.6 Å². The second kappa shape index (κ2) is 6.95. The van der Waals surface area contributed by atoms with E-state index in [9.17, 15) is 13.6 Å². The van der Waals surface area contributed by atoms with Crippen molar-refractivity contribution in [2.75, 3.05) is 19.7 Å². The van der Waals surface area contributed by atoms with Gasteiger partial charge < -0.3 is 15.4 Å². The topological polar surface area (TPSA) is 55.6 Å². The first-order valence-electron chi connectivity index (χ1n) is 7.13. The molecule has 2 N–H and O–H groups in total. The average Bonchev–Trinajstić information content (AvgIpc) is 2.49. The molecule has 2 unspecified atom stereocenters. The summed E-state index contributed by atoms with van der Waals surface area (Å²) in [6.07, 6.45) is 1.02. The average molecular weight is 298 g/mol. The number of morpholine rings is 1. The Labute approximate surface area is 122 Å². The van der Waals surface area contributed by atoms with Gasteiger partial charge in [0.2, 0.25) is 5.91 Å². The van der Waals surface area contributed by atoms with Crippen LogP contribution in [-0.4, -0.2) is 36.5 Å². The molecule has 1 aliphatic heterocycles. The summed E-state index contributed by atoms with van der Waals surface area (Å²) in [5.41, 5.74) is 6.37. The minimum absolute atomic E-state index is 0.118. The van der Waals surface area contributed by atoms with Gasteiger partial charge in [0.1, 0.15) is 6.10 Å². The molecule has 4 nitrogen and oxygen atoms in total. The van der Waals surface area contributed by atoms with Crippen LogP contribution in [0.5, 0.6) is 0 Å². The van der Waals surface area contributed by atoms with Gasteiger partial charge in [0.05, 0.1) is 19.2 Å². The van der Waals surface area contributed by atoms with E-state index in [0.717, 1.165) is 18.6 Å². The summed E-state index contributed by atoms with van der Waals surface area (Å²) in [6, 6.07) is 3.14. The highest BCUT2D eigenvalue weighted by Crippen LogP contribution is 2.24.